The molecule has 0 unspecified atom stereocenters. The highest BCUT2D eigenvalue weighted by Gasteiger charge is 2.12. The zero-order chi connectivity index (χ0) is 14.5. The van der Waals surface area contributed by atoms with E-state index < -0.39 is 0 Å². The molecule has 6 heteroatoms. The molecule has 0 aliphatic carbocycles. The second-order valence-corrected chi connectivity index (χ2v) is 4.72. The standard InChI is InChI=1S/C14H18N4O2/c1-10-15-13(17-16-10)9-18(2)14(20)8-7-11-5-3-4-6-12(11)19/h3-6,19H,7-9H2,1-2H3,(H,15,16,17). The molecule has 0 spiro atoms. The molecule has 0 aliphatic rings. The largest absolute Gasteiger partial charge is 0.508 e. The number of phenols is 1. The lowest BCUT2D eigenvalue weighted by Crippen LogP contribution is -2.26. The summed E-state index contributed by atoms with van der Waals surface area (Å²) in [6.45, 7) is 2.19. The van der Waals surface area contributed by atoms with Gasteiger partial charge in [-0.25, -0.2) is 4.98 Å². The molecule has 0 saturated heterocycles. The van der Waals surface area contributed by atoms with E-state index in [1.807, 2.05) is 19.1 Å². The smallest absolute Gasteiger partial charge is 0.223 e. The van der Waals surface area contributed by atoms with E-state index in [0.29, 0.717) is 25.2 Å². The molecule has 0 bridgehead atoms. The summed E-state index contributed by atoms with van der Waals surface area (Å²) in [6, 6.07) is 7.05. The van der Waals surface area contributed by atoms with Gasteiger partial charge in [0.05, 0.1) is 6.54 Å². The summed E-state index contributed by atoms with van der Waals surface area (Å²) in [6.07, 6.45) is 0.861. The van der Waals surface area contributed by atoms with Gasteiger partial charge in [-0.2, -0.15) is 5.10 Å². The Morgan fingerprint density at radius 1 is 1.40 bits per heavy atom. The number of nitrogens with one attached hydrogen (secondary N) is 1. The van der Waals surface area contributed by atoms with Crippen LogP contribution in [0.3, 0.4) is 0 Å². The van der Waals surface area contributed by atoms with Gasteiger partial charge in [0.2, 0.25) is 5.91 Å². The zero-order valence-electron chi connectivity index (χ0n) is 11.6. The van der Waals surface area contributed by atoms with Crippen molar-refractivity contribution >= 4 is 5.91 Å². The minimum absolute atomic E-state index is 0.00398. The maximum atomic E-state index is 12.0. The third kappa shape index (κ3) is 3.57. The summed E-state index contributed by atoms with van der Waals surface area (Å²) in [4.78, 5) is 17.8. The van der Waals surface area contributed by atoms with Crippen LogP contribution in [0.5, 0.6) is 5.75 Å². The first-order chi connectivity index (χ1) is 9.56. The Kier molecular flexibility index (Phi) is 4.34. The number of aromatic hydroxyl groups is 1. The molecule has 0 fully saturated rings. The Morgan fingerprint density at radius 3 is 2.80 bits per heavy atom. The molecule has 0 radical (unpaired) electrons. The van der Waals surface area contributed by atoms with E-state index in [9.17, 15) is 9.90 Å². The van der Waals surface area contributed by atoms with Crippen LogP contribution < -0.4 is 0 Å². The average Bonchev–Trinajstić information content (AvgIpc) is 2.82. The monoisotopic (exact) mass is 274 g/mol. The fourth-order valence-electron chi connectivity index (χ4n) is 1.91. The fourth-order valence-corrected chi connectivity index (χ4v) is 1.91. The SMILES string of the molecule is Cc1nc(CN(C)C(=O)CCc2ccccc2O)n[nH]1. The summed E-state index contributed by atoms with van der Waals surface area (Å²) in [5, 5.41) is 16.4. The number of carbonyl (C=O) groups excluding carboxylic acids is 1. The van der Waals surface area contributed by atoms with Crippen LogP contribution in [0.2, 0.25) is 0 Å². The van der Waals surface area contributed by atoms with E-state index in [2.05, 4.69) is 15.2 Å². The van der Waals surface area contributed by atoms with Crippen LogP contribution in [0.4, 0.5) is 0 Å². The molecule has 1 aromatic heterocycles. The number of aromatic amines is 1. The number of rotatable bonds is 5. The number of hydrogen-bond acceptors (Lipinski definition) is 4. The Hall–Kier alpha value is -2.37. The van der Waals surface area contributed by atoms with Crippen molar-refractivity contribution in [3.63, 3.8) is 0 Å². The van der Waals surface area contributed by atoms with Crippen molar-refractivity contribution in [2.45, 2.75) is 26.3 Å². The lowest BCUT2D eigenvalue weighted by molar-refractivity contribution is -0.130. The molecule has 1 aromatic carbocycles. The number of carbonyl (C=O) groups is 1. The molecule has 106 valence electrons. The Morgan fingerprint density at radius 2 is 2.15 bits per heavy atom. The number of hydrogen-bond donors (Lipinski definition) is 2. The second kappa shape index (κ2) is 6.18. The normalized spacial score (nSPS) is 10.5. The molecule has 2 N–H and O–H groups in total. The van der Waals surface area contributed by atoms with Gasteiger partial charge in [-0.1, -0.05) is 18.2 Å². The first-order valence-corrected chi connectivity index (χ1v) is 6.45. The van der Waals surface area contributed by atoms with Crippen molar-refractivity contribution in [1.29, 1.82) is 0 Å². The van der Waals surface area contributed by atoms with Crippen molar-refractivity contribution in [1.82, 2.24) is 20.1 Å². The van der Waals surface area contributed by atoms with E-state index in [-0.39, 0.29) is 11.7 Å². The van der Waals surface area contributed by atoms with Gasteiger partial charge in [0.25, 0.3) is 0 Å². The summed E-state index contributed by atoms with van der Waals surface area (Å²) in [5.41, 5.74) is 0.781. The number of H-pyrrole nitrogens is 1. The fraction of sp³-hybridized carbons (Fsp3) is 0.357. The third-order valence-corrected chi connectivity index (χ3v) is 3.05. The van der Waals surface area contributed by atoms with Crippen LogP contribution in [0.1, 0.15) is 23.6 Å². The second-order valence-electron chi connectivity index (χ2n) is 4.72. The van der Waals surface area contributed by atoms with Crippen molar-refractivity contribution in [3.05, 3.63) is 41.5 Å². The molecule has 6 nitrogen and oxygen atoms in total. The first-order valence-electron chi connectivity index (χ1n) is 6.45. The summed E-state index contributed by atoms with van der Waals surface area (Å²) < 4.78 is 0. The molecular formula is C14H18N4O2. The quantitative estimate of drug-likeness (QED) is 0.863. The number of para-hydroxylation sites is 1. The van der Waals surface area contributed by atoms with Crippen LogP contribution >= 0.6 is 0 Å². The molecule has 2 aromatic rings. The van der Waals surface area contributed by atoms with Crippen molar-refractivity contribution in [3.8, 4) is 5.75 Å². The lowest BCUT2D eigenvalue weighted by atomic mass is 10.1. The van der Waals surface area contributed by atoms with Crippen molar-refractivity contribution in [2.24, 2.45) is 0 Å². The van der Waals surface area contributed by atoms with Crippen LogP contribution in [-0.4, -0.2) is 38.1 Å². The Bertz CT molecular complexity index is 594. The molecule has 1 amide bonds. The van der Waals surface area contributed by atoms with Crippen molar-refractivity contribution in [2.75, 3.05) is 7.05 Å². The van der Waals surface area contributed by atoms with Gasteiger partial charge in [-0.05, 0) is 25.0 Å². The van der Waals surface area contributed by atoms with Gasteiger partial charge in [0.15, 0.2) is 5.82 Å². The summed E-state index contributed by atoms with van der Waals surface area (Å²) >= 11 is 0. The number of aryl methyl sites for hydroxylation is 2. The third-order valence-electron chi connectivity index (χ3n) is 3.05. The van der Waals surface area contributed by atoms with Gasteiger partial charge in [-0.15, -0.1) is 0 Å². The molecule has 1 heterocycles. The number of aromatic nitrogens is 3. The van der Waals surface area contributed by atoms with Gasteiger partial charge in [0.1, 0.15) is 11.6 Å². The average molecular weight is 274 g/mol. The van der Waals surface area contributed by atoms with Crippen LogP contribution in [-0.2, 0) is 17.8 Å². The number of amides is 1. The Labute approximate surface area is 117 Å². The van der Waals surface area contributed by atoms with E-state index in [1.54, 1.807) is 24.1 Å². The zero-order valence-corrected chi connectivity index (χ0v) is 11.6. The van der Waals surface area contributed by atoms with Crippen LogP contribution in [0.15, 0.2) is 24.3 Å². The topological polar surface area (TPSA) is 82.1 Å². The predicted octanol–water partition coefficient (Wildman–Crippen LogP) is 1.41. The molecular weight excluding hydrogens is 256 g/mol. The maximum Gasteiger partial charge on any atom is 0.223 e. The molecule has 2 rings (SSSR count). The van der Waals surface area contributed by atoms with E-state index in [1.165, 1.54) is 0 Å². The van der Waals surface area contributed by atoms with Crippen LogP contribution in [0.25, 0.3) is 0 Å². The van der Waals surface area contributed by atoms with Gasteiger partial charge in [0, 0.05) is 13.5 Å². The molecule has 0 atom stereocenters. The number of nitrogens with zero attached hydrogens (tertiary/aromatic N) is 3. The lowest BCUT2D eigenvalue weighted by Gasteiger charge is -2.15. The van der Waals surface area contributed by atoms with E-state index in [4.69, 9.17) is 0 Å². The van der Waals surface area contributed by atoms with Gasteiger partial charge < -0.3 is 10.0 Å². The van der Waals surface area contributed by atoms with Crippen LogP contribution in [0, 0.1) is 6.92 Å². The number of benzene rings is 1. The minimum Gasteiger partial charge on any atom is -0.508 e. The van der Waals surface area contributed by atoms with Gasteiger partial charge >= 0.3 is 0 Å². The molecule has 0 saturated carbocycles. The highest BCUT2D eigenvalue weighted by molar-refractivity contribution is 5.76. The van der Waals surface area contributed by atoms with E-state index >= 15 is 0 Å². The first kappa shape index (κ1) is 14.0. The summed E-state index contributed by atoms with van der Waals surface area (Å²) in [5.74, 6) is 1.55. The van der Waals surface area contributed by atoms with Crippen molar-refractivity contribution < 1.29 is 9.90 Å². The summed E-state index contributed by atoms with van der Waals surface area (Å²) in [7, 11) is 1.72. The maximum absolute atomic E-state index is 12.0. The van der Waals surface area contributed by atoms with E-state index in [0.717, 1.165) is 11.4 Å². The molecule has 20 heavy (non-hydrogen) atoms. The highest BCUT2D eigenvalue weighted by Crippen LogP contribution is 2.17. The Balaban J connectivity index is 1.87. The predicted molar refractivity (Wildman–Crippen MR) is 74.0 cm³/mol. The number of phenolic OH excluding ortho intramolecular Hbond substituents is 1. The highest BCUT2D eigenvalue weighted by atomic mass is 16.3. The molecule has 0 aliphatic heterocycles. The minimum atomic E-state index is -0.00398. The van der Waals surface area contributed by atoms with Gasteiger partial charge in [-0.3, -0.25) is 9.89 Å².